The molecule has 3 N–H and O–H groups in total. The number of hydrogen-bond donors (Lipinski definition) is 2. The van der Waals surface area contributed by atoms with Gasteiger partial charge in [-0.25, -0.2) is 14.8 Å². The zero-order valence-electron chi connectivity index (χ0n) is 14.7. The summed E-state index contributed by atoms with van der Waals surface area (Å²) in [5, 5.41) is 0. The number of aromatic nitrogens is 4. The molecule has 7 heteroatoms. The molecule has 0 spiro atoms. The Balaban J connectivity index is 2.27. The van der Waals surface area contributed by atoms with E-state index < -0.39 is 5.91 Å². The van der Waals surface area contributed by atoms with Crippen molar-refractivity contribution in [3.05, 3.63) is 46.0 Å². The van der Waals surface area contributed by atoms with E-state index in [1.54, 1.807) is 0 Å². The molecular weight excluding hydrogens is 318 g/mol. The van der Waals surface area contributed by atoms with Crippen LogP contribution >= 0.6 is 0 Å². The van der Waals surface area contributed by atoms with E-state index in [0.29, 0.717) is 17.4 Å². The van der Waals surface area contributed by atoms with Gasteiger partial charge in [-0.3, -0.25) is 9.36 Å². The number of hydrogen-bond acceptors (Lipinski definition) is 4. The number of carbonyl (C=O) groups is 1. The molecule has 1 aromatic carbocycles. The van der Waals surface area contributed by atoms with Crippen molar-refractivity contribution >= 4 is 17.1 Å². The lowest BCUT2D eigenvalue weighted by molar-refractivity contribution is 0.0997. The molecule has 0 bridgehead atoms. The maximum Gasteiger partial charge on any atom is 0.327 e. The number of fused-ring (bicyclic) bond motifs is 1. The summed E-state index contributed by atoms with van der Waals surface area (Å²) in [6.45, 7) is 7.98. The van der Waals surface area contributed by atoms with Crippen LogP contribution in [0.15, 0.2) is 29.1 Å². The first-order valence-electron chi connectivity index (χ1n) is 8.22. The lowest BCUT2D eigenvalue weighted by Gasteiger charge is -2.09. The number of amides is 1. The van der Waals surface area contributed by atoms with Crippen LogP contribution < -0.4 is 11.4 Å². The van der Waals surface area contributed by atoms with Gasteiger partial charge in [0.2, 0.25) is 0 Å². The molecule has 25 heavy (non-hydrogen) atoms. The maximum absolute atomic E-state index is 12.2. The number of nitrogens with zero attached hydrogens (tertiary/aromatic N) is 3. The van der Waals surface area contributed by atoms with E-state index in [9.17, 15) is 9.59 Å². The predicted molar refractivity (Wildman–Crippen MR) is 96.6 cm³/mol. The minimum absolute atomic E-state index is 0.0180. The highest BCUT2D eigenvalue weighted by atomic mass is 16.2. The van der Waals surface area contributed by atoms with Gasteiger partial charge in [-0.1, -0.05) is 38.1 Å². The van der Waals surface area contributed by atoms with Crippen LogP contribution in [0, 0.1) is 0 Å². The summed E-state index contributed by atoms with van der Waals surface area (Å²) < 4.78 is 1.50. The number of H-pyrrole nitrogens is 1. The van der Waals surface area contributed by atoms with Crippen LogP contribution in [0.1, 0.15) is 55.7 Å². The minimum Gasteiger partial charge on any atom is -0.364 e. The first-order valence-corrected chi connectivity index (χ1v) is 8.22. The molecule has 0 fully saturated rings. The molecule has 7 nitrogen and oxygen atoms in total. The van der Waals surface area contributed by atoms with Crippen LogP contribution in [-0.2, 0) is 0 Å². The molecule has 0 aliphatic carbocycles. The van der Waals surface area contributed by atoms with E-state index >= 15 is 0 Å². The minimum atomic E-state index is -0.704. The van der Waals surface area contributed by atoms with E-state index in [4.69, 9.17) is 5.73 Å². The fourth-order valence-electron chi connectivity index (χ4n) is 2.81. The van der Waals surface area contributed by atoms with Crippen molar-refractivity contribution in [3.8, 4) is 11.4 Å². The number of primary amides is 1. The molecule has 2 heterocycles. The molecule has 0 saturated heterocycles. The van der Waals surface area contributed by atoms with Crippen molar-refractivity contribution in [3.63, 3.8) is 0 Å². The Morgan fingerprint density at radius 2 is 1.76 bits per heavy atom. The Morgan fingerprint density at radius 1 is 1.12 bits per heavy atom. The summed E-state index contributed by atoms with van der Waals surface area (Å²) in [6.07, 6.45) is 0. The topological polar surface area (TPSA) is 107 Å². The second-order valence-corrected chi connectivity index (χ2v) is 6.63. The Labute approximate surface area is 144 Å². The molecule has 0 radical (unpaired) electrons. The molecule has 2 aromatic heterocycles. The molecule has 0 aliphatic heterocycles. The number of imidazole rings is 1. The van der Waals surface area contributed by atoms with Gasteiger partial charge in [0.05, 0.1) is 0 Å². The van der Waals surface area contributed by atoms with Gasteiger partial charge in [-0.2, -0.15) is 0 Å². The molecule has 1 amide bonds. The molecular formula is C18H21N5O2. The highest BCUT2D eigenvalue weighted by Gasteiger charge is 2.20. The molecule has 0 unspecified atom stereocenters. The van der Waals surface area contributed by atoms with Gasteiger partial charge < -0.3 is 10.7 Å². The van der Waals surface area contributed by atoms with Gasteiger partial charge in [0, 0.05) is 11.6 Å². The lowest BCUT2D eigenvalue weighted by Crippen LogP contribution is -2.18. The van der Waals surface area contributed by atoms with E-state index in [1.165, 1.54) is 10.1 Å². The third kappa shape index (κ3) is 2.93. The van der Waals surface area contributed by atoms with E-state index in [2.05, 4.69) is 28.8 Å². The molecule has 0 saturated carbocycles. The molecule has 0 atom stereocenters. The summed E-state index contributed by atoms with van der Waals surface area (Å²) in [5.74, 6) is 0.0732. The van der Waals surface area contributed by atoms with Crippen LogP contribution in [-0.4, -0.2) is 25.4 Å². The number of nitrogens with two attached hydrogens (primary N) is 1. The first-order chi connectivity index (χ1) is 11.8. The van der Waals surface area contributed by atoms with Gasteiger partial charge in [0.1, 0.15) is 5.52 Å². The number of benzene rings is 1. The van der Waals surface area contributed by atoms with Crippen molar-refractivity contribution in [2.24, 2.45) is 5.73 Å². The van der Waals surface area contributed by atoms with Crippen molar-refractivity contribution in [2.45, 2.75) is 39.7 Å². The number of rotatable bonds is 4. The molecule has 3 rings (SSSR count). The van der Waals surface area contributed by atoms with Crippen molar-refractivity contribution in [2.75, 3.05) is 0 Å². The average Bonchev–Trinajstić information content (AvgIpc) is 2.89. The normalized spacial score (nSPS) is 11.6. The van der Waals surface area contributed by atoms with Crippen LogP contribution in [0.25, 0.3) is 22.6 Å². The van der Waals surface area contributed by atoms with Crippen LogP contribution in [0.2, 0.25) is 0 Å². The van der Waals surface area contributed by atoms with Gasteiger partial charge in [0.15, 0.2) is 17.2 Å². The third-order valence-electron chi connectivity index (χ3n) is 4.15. The predicted octanol–water partition coefficient (Wildman–Crippen LogP) is 2.59. The second kappa shape index (κ2) is 6.16. The maximum atomic E-state index is 12.2. The summed E-state index contributed by atoms with van der Waals surface area (Å²) in [4.78, 5) is 35.5. The van der Waals surface area contributed by atoms with Gasteiger partial charge in [-0.05, 0) is 25.3 Å². The number of aromatic amines is 1. The second-order valence-electron chi connectivity index (χ2n) is 6.63. The Morgan fingerprint density at radius 3 is 2.28 bits per heavy atom. The lowest BCUT2D eigenvalue weighted by atomic mass is 10.0. The third-order valence-corrected chi connectivity index (χ3v) is 4.15. The van der Waals surface area contributed by atoms with Gasteiger partial charge in [-0.15, -0.1) is 0 Å². The standard InChI is InChI=1S/C18H21N5O2/c1-9(2)11-5-7-12(8-6-11)16-20-13(15(19)24)14-17(22-16)23(10(3)4)18(25)21-14/h5-10H,1-4H3,(H2,19,24)(H,21,25). The molecule has 3 aromatic rings. The molecule has 130 valence electrons. The van der Waals surface area contributed by atoms with Crippen LogP contribution in [0.5, 0.6) is 0 Å². The highest BCUT2D eigenvalue weighted by molar-refractivity contribution is 6.01. The smallest absolute Gasteiger partial charge is 0.327 e. The van der Waals surface area contributed by atoms with Crippen LogP contribution in [0.3, 0.4) is 0 Å². The van der Waals surface area contributed by atoms with Gasteiger partial charge in [0.25, 0.3) is 5.91 Å². The van der Waals surface area contributed by atoms with Crippen molar-refractivity contribution in [1.82, 2.24) is 19.5 Å². The van der Waals surface area contributed by atoms with Crippen LogP contribution in [0.4, 0.5) is 0 Å². The Kier molecular flexibility index (Phi) is 4.16. The fourth-order valence-corrected chi connectivity index (χ4v) is 2.81. The van der Waals surface area contributed by atoms with Crippen molar-refractivity contribution < 1.29 is 4.79 Å². The largest absolute Gasteiger partial charge is 0.364 e. The van der Waals surface area contributed by atoms with Crippen molar-refractivity contribution in [1.29, 1.82) is 0 Å². The zero-order chi connectivity index (χ0) is 18.3. The monoisotopic (exact) mass is 339 g/mol. The summed E-state index contributed by atoms with van der Waals surface area (Å²) in [7, 11) is 0. The first kappa shape index (κ1) is 16.9. The van der Waals surface area contributed by atoms with E-state index in [0.717, 1.165) is 5.56 Å². The Bertz CT molecular complexity index is 997. The zero-order valence-corrected chi connectivity index (χ0v) is 14.7. The Hall–Kier alpha value is -2.96. The summed E-state index contributed by atoms with van der Waals surface area (Å²) in [5.41, 5.74) is 7.75. The van der Waals surface area contributed by atoms with E-state index in [-0.39, 0.29) is 22.9 Å². The summed E-state index contributed by atoms with van der Waals surface area (Å²) >= 11 is 0. The fraction of sp³-hybridized carbons (Fsp3) is 0.333. The highest BCUT2D eigenvalue weighted by Crippen LogP contribution is 2.23. The SMILES string of the molecule is CC(C)c1ccc(-c2nc(C(N)=O)c3[nH]c(=O)n(C(C)C)c3n2)cc1. The average molecular weight is 339 g/mol. The molecule has 0 aliphatic rings. The summed E-state index contributed by atoms with van der Waals surface area (Å²) in [6, 6.07) is 7.71. The number of nitrogens with one attached hydrogen (secondary N) is 1. The van der Waals surface area contributed by atoms with E-state index in [1.807, 2.05) is 38.1 Å². The van der Waals surface area contributed by atoms with Gasteiger partial charge >= 0.3 is 5.69 Å². The number of carbonyl (C=O) groups excluding carboxylic acids is 1. The quantitative estimate of drug-likeness (QED) is 0.762.